The van der Waals surface area contributed by atoms with Gasteiger partial charge in [-0.1, -0.05) is 25.1 Å². The predicted octanol–water partition coefficient (Wildman–Crippen LogP) is 2.50. The van der Waals surface area contributed by atoms with E-state index < -0.39 is 18.0 Å². The van der Waals surface area contributed by atoms with E-state index in [9.17, 15) is 9.59 Å². The van der Waals surface area contributed by atoms with Gasteiger partial charge in [-0.15, -0.1) is 0 Å². The van der Waals surface area contributed by atoms with Crippen molar-refractivity contribution in [3.63, 3.8) is 0 Å². The Balaban J connectivity index is 2.90. The summed E-state index contributed by atoms with van der Waals surface area (Å²) in [6, 6.07) is 6.92. The Kier molecular flexibility index (Phi) is 6.29. The molecular weight excluding hydrogens is 260 g/mol. The summed E-state index contributed by atoms with van der Waals surface area (Å²) >= 11 is 0. The van der Waals surface area contributed by atoms with E-state index in [0.717, 1.165) is 6.08 Å². The number of hydrogen-bond acceptors (Lipinski definition) is 4. The summed E-state index contributed by atoms with van der Waals surface area (Å²) in [7, 11) is 0. The minimum absolute atomic E-state index is 0.291. The summed E-state index contributed by atoms with van der Waals surface area (Å²) in [5, 5.41) is 8.65. The quantitative estimate of drug-likeness (QED) is 0.613. The highest BCUT2D eigenvalue weighted by atomic mass is 16.6. The molecule has 0 bridgehead atoms. The molecule has 0 aliphatic heterocycles. The molecule has 1 aromatic carbocycles. The Labute approximate surface area is 117 Å². The fourth-order valence-corrected chi connectivity index (χ4v) is 1.57. The molecule has 0 fully saturated rings. The molecule has 0 amide bonds. The fraction of sp³-hybridized carbons (Fsp3) is 0.333. The Bertz CT molecular complexity index is 493. The van der Waals surface area contributed by atoms with Gasteiger partial charge in [0.25, 0.3) is 0 Å². The molecule has 5 heteroatoms. The van der Waals surface area contributed by atoms with Crippen molar-refractivity contribution < 1.29 is 24.2 Å². The van der Waals surface area contributed by atoms with Gasteiger partial charge in [-0.25, -0.2) is 9.59 Å². The van der Waals surface area contributed by atoms with Crippen LogP contribution in [0.15, 0.2) is 30.3 Å². The second-order valence-electron chi connectivity index (χ2n) is 3.98. The lowest BCUT2D eigenvalue weighted by Gasteiger charge is -2.17. The summed E-state index contributed by atoms with van der Waals surface area (Å²) in [5.41, 5.74) is 0.595. The van der Waals surface area contributed by atoms with Gasteiger partial charge in [-0.3, -0.25) is 0 Å². The van der Waals surface area contributed by atoms with Crippen LogP contribution in [0, 0.1) is 0 Å². The third-order valence-corrected chi connectivity index (χ3v) is 2.51. The minimum atomic E-state index is -1.04. The third kappa shape index (κ3) is 4.76. The molecule has 0 saturated carbocycles. The maximum Gasteiger partial charge on any atom is 0.347 e. The highest BCUT2D eigenvalue weighted by Crippen LogP contribution is 2.22. The molecule has 0 radical (unpaired) electrons. The highest BCUT2D eigenvalue weighted by molar-refractivity contribution is 5.86. The molecule has 0 aliphatic carbocycles. The molecule has 0 heterocycles. The van der Waals surface area contributed by atoms with Crippen LogP contribution < -0.4 is 4.74 Å². The van der Waals surface area contributed by atoms with Gasteiger partial charge in [-0.2, -0.15) is 0 Å². The van der Waals surface area contributed by atoms with Crippen molar-refractivity contribution in [2.24, 2.45) is 0 Å². The van der Waals surface area contributed by atoms with Crippen molar-refractivity contribution in [1.82, 2.24) is 0 Å². The number of para-hydroxylation sites is 1. The lowest BCUT2D eigenvalue weighted by Crippen LogP contribution is -2.28. The van der Waals surface area contributed by atoms with Crippen molar-refractivity contribution in [3.05, 3.63) is 35.9 Å². The lowest BCUT2D eigenvalue weighted by molar-refractivity contribution is -0.151. The monoisotopic (exact) mass is 278 g/mol. The van der Waals surface area contributed by atoms with Crippen molar-refractivity contribution in [2.45, 2.75) is 26.4 Å². The zero-order valence-corrected chi connectivity index (χ0v) is 11.5. The molecule has 1 N–H and O–H groups in total. The first kappa shape index (κ1) is 15.8. The van der Waals surface area contributed by atoms with Crippen molar-refractivity contribution in [3.8, 4) is 5.75 Å². The average Bonchev–Trinajstić information content (AvgIpc) is 2.43. The van der Waals surface area contributed by atoms with Crippen molar-refractivity contribution >= 4 is 18.0 Å². The van der Waals surface area contributed by atoms with Gasteiger partial charge in [0.05, 0.1) is 6.61 Å². The van der Waals surface area contributed by atoms with Gasteiger partial charge in [-0.05, 0) is 25.5 Å². The number of carbonyl (C=O) groups is 2. The first-order chi connectivity index (χ1) is 9.58. The summed E-state index contributed by atoms with van der Waals surface area (Å²) in [5.74, 6) is -1.02. The second-order valence-corrected chi connectivity index (χ2v) is 3.98. The largest absolute Gasteiger partial charge is 0.478 e. The molecule has 0 spiro atoms. The van der Waals surface area contributed by atoms with Crippen LogP contribution in [0.1, 0.15) is 25.8 Å². The molecule has 1 aromatic rings. The number of esters is 1. The third-order valence-electron chi connectivity index (χ3n) is 2.51. The second kappa shape index (κ2) is 7.99. The van der Waals surface area contributed by atoms with E-state index in [0.29, 0.717) is 24.3 Å². The molecule has 0 aliphatic rings. The van der Waals surface area contributed by atoms with Crippen LogP contribution in [0.2, 0.25) is 0 Å². The number of benzene rings is 1. The van der Waals surface area contributed by atoms with Crippen LogP contribution in [0.25, 0.3) is 6.08 Å². The van der Waals surface area contributed by atoms with E-state index in [1.54, 1.807) is 31.2 Å². The summed E-state index contributed by atoms with van der Waals surface area (Å²) in [4.78, 5) is 22.3. The summed E-state index contributed by atoms with van der Waals surface area (Å²) in [6.07, 6.45) is 2.22. The first-order valence-electron chi connectivity index (χ1n) is 6.41. The molecule has 0 saturated heterocycles. The molecule has 108 valence electrons. The van der Waals surface area contributed by atoms with Gasteiger partial charge in [0.2, 0.25) is 0 Å². The average molecular weight is 278 g/mol. The van der Waals surface area contributed by atoms with Crippen molar-refractivity contribution in [2.75, 3.05) is 6.61 Å². The number of ether oxygens (including phenoxy) is 2. The minimum Gasteiger partial charge on any atom is -0.478 e. The van der Waals surface area contributed by atoms with Crippen LogP contribution in [0.4, 0.5) is 0 Å². The zero-order valence-electron chi connectivity index (χ0n) is 11.5. The number of carboxylic acids is 1. The Hall–Kier alpha value is -2.30. The first-order valence-corrected chi connectivity index (χ1v) is 6.41. The van der Waals surface area contributed by atoms with Gasteiger partial charge in [0.1, 0.15) is 5.75 Å². The highest BCUT2D eigenvalue weighted by Gasteiger charge is 2.20. The molecule has 20 heavy (non-hydrogen) atoms. The number of carboxylic acid groups (broad SMARTS) is 1. The van der Waals surface area contributed by atoms with E-state index in [-0.39, 0.29) is 0 Å². The van der Waals surface area contributed by atoms with Gasteiger partial charge >= 0.3 is 11.9 Å². The van der Waals surface area contributed by atoms with E-state index in [2.05, 4.69) is 0 Å². The van der Waals surface area contributed by atoms with Crippen molar-refractivity contribution in [1.29, 1.82) is 0 Å². The Morgan fingerprint density at radius 1 is 1.30 bits per heavy atom. The van der Waals surface area contributed by atoms with Gasteiger partial charge in [0, 0.05) is 11.6 Å². The maximum atomic E-state index is 11.7. The Morgan fingerprint density at radius 2 is 2.00 bits per heavy atom. The summed E-state index contributed by atoms with van der Waals surface area (Å²) < 4.78 is 10.6. The zero-order chi connectivity index (χ0) is 15.0. The Morgan fingerprint density at radius 3 is 2.60 bits per heavy atom. The predicted molar refractivity (Wildman–Crippen MR) is 74.5 cm³/mol. The molecule has 1 unspecified atom stereocenters. The normalized spacial score (nSPS) is 12.1. The molecule has 5 nitrogen and oxygen atoms in total. The van der Waals surface area contributed by atoms with E-state index in [1.807, 2.05) is 6.92 Å². The SMILES string of the molecule is CCOC(=O)C(CC)Oc1ccccc1C=CC(=O)O. The van der Waals surface area contributed by atoms with Crippen LogP contribution in [0.5, 0.6) is 5.75 Å². The van der Waals surface area contributed by atoms with E-state index >= 15 is 0 Å². The van der Waals surface area contributed by atoms with Gasteiger partial charge in [0.15, 0.2) is 6.10 Å². The molecule has 1 atom stereocenters. The number of aliphatic carboxylic acids is 1. The smallest absolute Gasteiger partial charge is 0.347 e. The van der Waals surface area contributed by atoms with Gasteiger partial charge < -0.3 is 14.6 Å². The molecule has 1 rings (SSSR count). The van der Waals surface area contributed by atoms with Crippen LogP contribution >= 0.6 is 0 Å². The van der Waals surface area contributed by atoms with E-state index in [4.69, 9.17) is 14.6 Å². The maximum absolute atomic E-state index is 11.7. The standard InChI is InChI=1S/C15H18O5/c1-3-12(15(18)19-4-2)20-13-8-6-5-7-11(13)9-10-14(16)17/h5-10,12H,3-4H2,1-2H3,(H,16,17). The van der Waals surface area contributed by atoms with Crippen LogP contribution in [0.3, 0.4) is 0 Å². The van der Waals surface area contributed by atoms with Crippen LogP contribution in [-0.2, 0) is 14.3 Å². The molecular formula is C15H18O5. The topological polar surface area (TPSA) is 72.8 Å². The summed E-state index contributed by atoms with van der Waals surface area (Å²) in [6.45, 7) is 3.84. The number of hydrogen-bond donors (Lipinski definition) is 1. The fourth-order valence-electron chi connectivity index (χ4n) is 1.57. The lowest BCUT2D eigenvalue weighted by atomic mass is 10.2. The molecule has 0 aromatic heterocycles. The number of rotatable bonds is 7. The number of carbonyl (C=O) groups excluding carboxylic acids is 1. The van der Waals surface area contributed by atoms with E-state index in [1.165, 1.54) is 6.08 Å². The van der Waals surface area contributed by atoms with Crippen LogP contribution in [-0.4, -0.2) is 29.8 Å².